The molecule has 0 radical (unpaired) electrons. The molecule has 2 saturated heterocycles. The highest BCUT2D eigenvalue weighted by Crippen LogP contribution is 2.30. The van der Waals surface area contributed by atoms with E-state index in [4.69, 9.17) is 4.42 Å². The molecule has 1 aromatic carbocycles. The van der Waals surface area contributed by atoms with Gasteiger partial charge in [0.2, 0.25) is 17.7 Å². The minimum Gasteiger partial charge on any atom is -0.469 e. The lowest BCUT2D eigenvalue weighted by Gasteiger charge is -2.35. The van der Waals surface area contributed by atoms with Gasteiger partial charge in [-0.05, 0) is 42.7 Å². The van der Waals surface area contributed by atoms with Crippen LogP contribution >= 0.6 is 0 Å². The Hall–Kier alpha value is -3.16. The molecule has 0 aliphatic carbocycles. The van der Waals surface area contributed by atoms with E-state index < -0.39 is 5.54 Å². The van der Waals surface area contributed by atoms with Crippen LogP contribution in [0, 0.1) is 5.82 Å². The van der Waals surface area contributed by atoms with Crippen LogP contribution in [0.2, 0.25) is 0 Å². The Morgan fingerprint density at radius 2 is 1.97 bits per heavy atom. The Balaban J connectivity index is 1.31. The molecule has 0 saturated carbocycles. The van der Waals surface area contributed by atoms with Crippen molar-refractivity contribution < 1.29 is 23.2 Å². The van der Waals surface area contributed by atoms with Gasteiger partial charge in [0.05, 0.1) is 12.8 Å². The highest BCUT2D eigenvalue weighted by atomic mass is 19.1. The molecule has 2 aliphatic heterocycles. The van der Waals surface area contributed by atoms with Crippen molar-refractivity contribution in [2.24, 2.45) is 0 Å². The van der Waals surface area contributed by atoms with Crippen LogP contribution in [0.25, 0.3) is 0 Å². The first kappa shape index (κ1) is 21.1. The van der Waals surface area contributed by atoms with E-state index in [-0.39, 0.29) is 36.5 Å². The Kier molecular flexibility index (Phi) is 6.06. The number of carbonyl (C=O) groups is 3. The topological polar surface area (TPSA) is 82.9 Å². The summed E-state index contributed by atoms with van der Waals surface area (Å²) in [5.41, 5.74) is 0.366. The van der Waals surface area contributed by atoms with Gasteiger partial charge in [0, 0.05) is 44.4 Å². The van der Waals surface area contributed by atoms with Gasteiger partial charge in [0.25, 0.3) is 0 Å². The number of piperazine rings is 1. The summed E-state index contributed by atoms with van der Waals surface area (Å²) in [5.74, 6) is 0.245. The van der Waals surface area contributed by atoms with E-state index >= 15 is 0 Å². The summed E-state index contributed by atoms with van der Waals surface area (Å²) >= 11 is 0. The molecule has 164 valence electrons. The fraction of sp³-hybridized carbons (Fsp3) is 0.435. The van der Waals surface area contributed by atoms with E-state index in [1.54, 1.807) is 28.2 Å². The zero-order valence-corrected chi connectivity index (χ0v) is 17.3. The second-order valence-corrected chi connectivity index (χ2v) is 8.34. The van der Waals surface area contributed by atoms with Gasteiger partial charge < -0.3 is 19.5 Å². The molecule has 31 heavy (non-hydrogen) atoms. The normalized spacial score (nSPS) is 21.5. The summed E-state index contributed by atoms with van der Waals surface area (Å²) < 4.78 is 18.5. The van der Waals surface area contributed by atoms with Crippen LogP contribution in [0.5, 0.6) is 0 Å². The molecule has 3 heterocycles. The molecular formula is C23H26FN3O4. The molecule has 2 aliphatic rings. The Labute approximate surface area is 180 Å². The molecule has 0 spiro atoms. The molecule has 7 nitrogen and oxygen atoms in total. The van der Waals surface area contributed by atoms with E-state index in [0.717, 1.165) is 11.3 Å². The van der Waals surface area contributed by atoms with E-state index in [9.17, 15) is 18.8 Å². The molecule has 0 bridgehead atoms. The number of nitrogens with zero attached hydrogens (tertiary/aromatic N) is 2. The van der Waals surface area contributed by atoms with Crippen molar-refractivity contribution in [1.82, 2.24) is 15.1 Å². The number of carbonyl (C=O) groups excluding carboxylic acids is 3. The lowest BCUT2D eigenvalue weighted by Crippen LogP contribution is -2.52. The molecule has 3 amide bonds. The zero-order chi connectivity index (χ0) is 21.8. The number of amides is 3. The standard InChI is InChI=1S/C23H26FN3O4/c24-18-5-3-17(4-6-18)15-26-11-12-27(16-22(26)30)21(29)8-10-23(9-7-20(28)25-23)14-19-2-1-13-31-19/h1-6,13H,7-12,14-16H2,(H,25,28). The Morgan fingerprint density at radius 3 is 2.61 bits per heavy atom. The van der Waals surface area contributed by atoms with Crippen LogP contribution in [-0.4, -0.2) is 52.7 Å². The number of nitrogens with one attached hydrogen (secondary N) is 1. The maximum Gasteiger partial charge on any atom is 0.242 e. The highest BCUT2D eigenvalue weighted by Gasteiger charge is 2.39. The third kappa shape index (κ3) is 5.13. The minimum absolute atomic E-state index is 0.0106. The molecule has 1 unspecified atom stereocenters. The Morgan fingerprint density at radius 1 is 1.16 bits per heavy atom. The van der Waals surface area contributed by atoms with Crippen molar-refractivity contribution in [2.45, 2.75) is 44.2 Å². The smallest absolute Gasteiger partial charge is 0.242 e. The molecule has 1 aromatic heterocycles. The third-order valence-corrected chi connectivity index (χ3v) is 6.10. The summed E-state index contributed by atoms with van der Waals surface area (Å²) in [7, 11) is 0. The predicted octanol–water partition coefficient (Wildman–Crippen LogP) is 2.26. The first-order chi connectivity index (χ1) is 14.9. The molecule has 1 atom stereocenters. The van der Waals surface area contributed by atoms with E-state index in [1.165, 1.54) is 12.1 Å². The molecule has 8 heteroatoms. The minimum atomic E-state index is -0.487. The quantitative estimate of drug-likeness (QED) is 0.735. The first-order valence-corrected chi connectivity index (χ1v) is 10.6. The van der Waals surface area contributed by atoms with Gasteiger partial charge in [-0.15, -0.1) is 0 Å². The molecule has 4 rings (SSSR count). The van der Waals surface area contributed by atoms with Gasteiger partial charge in [-0.2, -0.15) is 0 Å². The largest absolute Gasteiger partial charge is 0.469 e. The highest BCUT2D eigenvalue weighted by molar-refractivity contribution is 5.86. The van der Waals surface area contributed by atoms with Crippen LogP contribution in [0.4, 0.5) is 4.39 Å². The number of halogens is 1. The number of hydrogen-bond acceptors (Lipinski definition) is 4. The van der Waals surface area contributed by atoms with Crippen molar-refractivity contribution in [2.75, 3.05) is 19.6 Å². The van der Waals surface area contributed by atoms with Gasteiger partial charge in [-0.1, -0.05) is 12.1 Å². The van der Waals surface area contributed by atoms with Gasteiger partial charge >= 0.3 is 0 Å². The average Bonchev–Trinajstić information content (AvgIpc) is 3.39. The van der Waals surface area contributed by atoms with Crippen molar-refractivity contribution in [3.05, 3.63) is 59.8 Å². The van der Waals surface area contributed by atoms with Crippen molar-refractivity contribution in [3.63, 3.8) is 0 Å². The van der Waals surface area contributed by atoms with Crippen LogP contribution in [0.1, 0.15) is 37.0 Å². The van der Waals surface area contributed by atoms with Gasteiger partial charge in [0.1, 0.15) is 11.6 Å². The monoisotopic (exact) mass is 427 g/mol. The molecule has 2 aromatic rings. The SMILES string of the molecule is O=C1CCC(CCC(=O)N2CCN(Cc3ccc(F)cc3)C(=O)C2)(Cc2ccco2)N1. The summed E-state index contributed by atoms with van der Waals surface area (Å²) in [6.45, 7) is 1.34. The lowest BCUT2D eigenvalue weighted by atomic mass is 9.87. The number of rotatable bonds is 7. The number of furan rings is 1. The fourth-order valence-electron chi connectivity index (χ4n) is 4.33. The van der Waals surface area contributed by atoms with Gasteiger partial charge in [-0.25, -0.2) is 4.39 Å². The van der Waals surface area contributed by atoms with Crippen LogP contribution in [0.3, 0.4) is 0 Å². The van der Waals surface area contributed by atoms with Crippen LogP contribution < -0.4 is 5.32 Å². The second kappa shape index (κ2) is 8.91. The third-order valence-electron chi connectivity index (χ3n) is 6.10. The van der Waals surface area contributed by atoms with E-state index in [0.29, 0.717) is 45.3 Å². The average molecular weight is 427 g/mol. The van der Waals surface area contributed by atoms with Crippen LogP contribution in [0.15, 0.2) is 47.1 Å². The summed E-state index contributed by atoms with van der Waals surface area (Å²) in [5, 5.41) is 3.04. The number of hydrogen-bond donors (Lipinski definition) is 1. The summed E-state index contributed by atoms with van der Waals surface area (Å²) in [4.78, 5) is 40.5. The summed E-state index contributed by atoms with van der Waals surface area (Å²) in [6.07, 6.45) is 4.00. The Bertz CT molecular complexity index is 944. The first-order valence-electron chi connectivity index (χ1n) is 10.6. The maximum absolute atomic E-state index is 13.1. The van der Waals surface area contributed by atoms with Crippen molar-refractivity contribution >= 4 is 17.7 Å². The fourth-order valence-corrected chi connectivity index (χ4v) is 4.33. The van der Waals surface area contributed by atoms with Crippen LogP contribution in [-0.2, 0) is 27.3 Å². The molecule has 2 fully saturated rings. The summed E-state index contributed by atoms with van der Waals surface area (Å²) in [6, 6.07) is 9.75. The zero-order valence-electron chi connectivity index (χ0n) is 17.3. The van der Waals surface area contributed by atoms with E-state index in [1.807, 2.05) is 12.1 Å². The van der Waals surface area contributed by atoms with Gasteiger partial charge in [-0.3, -0.25) is 14.4 Å². The van der Waals surface area contributed by atoms with Crippen molar-refractivity contribution in [1.29, 1.82) is 0 Å². The predicted molar refractivity (Wildman–Crippen MR) is 110 cm³/mol. The van der Waals surface area contributed by atoms with E-state index in [2.05, 4.69) is 5.32 Å². The van der Waals surface area contributed by atoms with Gasteiger partial charge in [0.15, 0.2) is 0 Å². The molecule has 1 N–H and O–H groups in total. The number of benzene rings is 1. The second-order valence-electron chi connectivity index (χ2n) is 8.34. The maximum atomic E-state index is 13.1. The van der Waals surface area contributed by atoms with Crippen molar-refractivity contribution in [3.8, 4) is 0 Å². The lowest BCUT2D eigenvalue weighted by molar-refractivity contribution is -0.145. The molecular weight excluding hydrogens is 401 g/mol.